The Hall–Kier alpha value is -8.64. The summed E-state index contributed by atoms with van der Waals surface area (Å²) in [4.78, 5) is 125. The van der Waals surface area contributed by atoms with Gasteiger partial charge in [0.2, 0.25) is 47.3 Å². The van der Waals surface area contributed by atoms with Crippen molar-refractivity contribution < 1.29 is 38.4 Å². The maximum atomic E-state index is 14.6. The normalized spacial score (nSPS) is 13.8. The van der Waals surface area contributed by atoms with Crippen LogP contribution in [0.2, 0.25) is 0 Å². The number of rotatable bonds is 32. The Kier molecular flexibility index (Phi) is 23.8. The molecule has 24 nitrogen and oxygen atoms in total. The maximum absolute atomic E-state index is 14.6. The number of imidazole rings is 1. The van der Waals surface area contributed by atoms with Gasteiger partial charge in [0.15, 0.2) is 5.96 Å². The number of primary amides is 1. The van der Waals surface area contributed by atoms with Crippen molar-refractivity contribution >= 4 is 64.1 Å². The second kappa shape index (κ2) is 30.8. The van der Waals surface area contributed by atoms with Crippen LogP contribution in [0.3, 0.4) is 0 Å². The van der Waals surface area contributed by atoms with E-state index < -0.39 is 96.1 Å². The number of H-pyrrole nitrogens is 2. The van der Waals surface area contributed by atoms with Crippen LogP contribution in [0.1, 0.15) is 68.3 Å². The zero-order valence-corrected chi connectivity index (χ0v) is 44.0. The van der Waals surface area contributed by atoms with E-state index in [4.69, 9.17) is 28.7 Å². The van der Waals surface area contributed by atoms with Gasteiger partial charge < -0.3 is 75.9 Å². The lowest BCUT2D eigenvalue weighted by atomic mass is 10.0. The lowest BCUT2D eigenvalue weighted by Gasteiger charge is -2.26. The van der Waals surface area contributed by atoms with Crippen LogP contribution in [0.15, 0.2) is 109 Å². The molecular weight excluding hydrogens is 1000 g/mol. The van der Waals surface area contributed by atoms with E-state index in [2.05, 4.69) is 57.2 Å². The molecule has 2 aromatic heterocycles. The van der Waals surface area contributed by atoms with E-state index in [1.807, 2.05) is 24.3 Å². The van der Waals surface area contributed by atoms with E-state index in [9.17, 15) is 38.4 Å². The van der Waals surface area contributed by atoms with Crippen molar-refractivity contribution in [3.8, 4) is 0 Å². The van der Waals surface area contributed by atoms with Crippen molar-refractivity contribution in [1.82, 2.24) is 52.2 Å². The highest BCUT2D eigenvalue weighted by Gasteiger charge is 2.33. The Bertz CT molecular complexity index is 2790. The zero-order valence-electron chi connectivity index (χ0n) is 44.0. The Balaban J connectivity index is 1.36. The Morgan fingerprint density at radius 3 is 1.71 bits per heavy atom. The van der Waals surface area contributed by atoms with Gasteiger partial charge in [0.05, 0.1) is 18.9 Å². The lowest BCUT2D eigenvalue weighted by molar-refractivity contribution is -0.134. The zero-order chi connectivity index (χ0) is 56.6. The number of carbonyl (C=O) groups excluding carboxylic acids is 8. The minimum absolute atomic E-state index is 0.0194. The maximum Gasteiger partial charge on any atom is 0.243 e. The van der Waals surface area contributed by atoms with Gasteiger partial charge in [0.1, 0.15) is 36.3 Å². The average molecular weight is 1080 g/mol. The van der Waals surface area contributed by atoms with Crippen LogP contribution < -0.4 is 65.9 Å². The molecule has 0 aliphatic rings. The first-order chi connectivity index (χ1) is 37.4. The molecule has 418 valence electrons. The van der Waals surface area contributed by atoms with Crippen LogP contribution in [0.4, 0.5) is 0 Å². The Labute approximate surface area is 452 Å². The first-order valence-corrected chi connectivity index (χ1v) is 25.9. The fourth-order valence-corrected chi connectivity index (χ4v) is 8.56. The fourth-order valence-electron chi connectivity index (χ4n) is 8.56. The Morgan fingerprint density at radius 2 is 1.13 bits per heavy atom. The van der Waals surface area contributed by atoms with Gasteiger partial charge in [0.25, 0.3) is 0 Å². The fraction of sp³-hybridized carbons (Fsp3) is 0.407. The smallest absolute Gasteiger partial charge is 0.243 e. The predicted octanol–water partition coefficient (Wildman–Crippen LogP) is -1.16. The molecule has 0 aliphatic heterocycles. The summed E-state index contributed by atoms with van der Waals surface area (Å²) in [7, 11) is 0. The quantitative estimate of drug-likeness (QED) is 0.0138. The number of para-hydroxylation sites is 1. The topological polar surface area (TPSA) is 408 Å². The van der Waals surface area contributed by atoms with Crippen LogP contribution in [0.5, 0.6) is 0 Å². The second-order valence-electron chi connectivity index (χ2n) is 19.3. The molecule has 3 aromatic carbocycles. The van der Waals surface area contributed by atoms with Crippen molar-refractivity contribution in [2.45, 2.75) is 114 Å². The van der Waals surface area contributed by atoms with Gasteiger partial charge >= 0.3 is 0 Å². The van der Waals surface area contributed by atoms with Crippen LogP contribution in [-0.4, -0.2) is 130 Å². The molecule has 0 fully saturated rings. The predicted molar refractivity (Wildman–Crippen MR) is 294 cm³/mol. The number of aromatic amines is 2. The van der Waals surface area contributed by atoms with E-state index >= 15 is 0 Å². The molecule has 7 atom stereocenters. The molecule has 0 radical (unpaired) electrons. The summed E-state index contributed by atoms with van der Waals surface area (Å²) in [5, 5.41) is 19.7. The summed E-state index contributed by atoms with van der Waals surface area (Å²) >= 11 is 0. The molecular formula is C54H74N16O8. The molecule has 8 amide bonds. The minimum Gasteiger partial charge on any atom is -0.370 e. The molecule has 0 spiro atoms. The Morgan fingerprint density at radius 1 is 0.590 bits per heavy atom. The summed E-state index contributed by atoms with van der Waals surface area (Å²) in [5.74, 6) is -6.35. The number of hydrogen-bond donors (Lipinski definition) is 14. The molecule has 24 heteroatoms. The van der Waals surface area contributed by atoms with Gasteiger partial charge in [-0.15, -0.1) is 0 Å². The number of nitrogens with two attached hydrogens (primary N) is 5. The van der Waals surface area contributed by atoms with E-state index in [1.165, 1.54) is 12.5 Å². The van der Waals surface area contributed by atoms with Crippen molar-refractivity contribution in [3.05, 3.63) is 126 Å². The van der Waals surface area contributed by atoms with Crippen LogP contribution in [0, 0.1) is 5.92 Å². The molecule has 0 unspecified atom stereocenters. The number of carbonyl (C=O) groups is 8. The number of guanidine groups is 1. The third-order valence-corrected chi connectivity index (χ3v) is 12.8. The molecule has 0 saturated heterocycles. The summed E-state index contributed by atoms with van der Waals surface area (Å²) in [6.07, 6.45) is 5.97. The number of fused-ring (bicyclic) bond motifs is 1. The van der Waals surface area contributed by atoms with Crippen LogP contribution in [0.25, 0.3) is 10.9 Å². The number of hydrogen-bond acceptors (Lipinski definition) is 12. The number of aromatic nitrogens is 3. The second-order valence-corrected chi connectivity index (χ2v) is 19.3. The highest BCUT2D eigenvalue weighted by atomic mass is 16.2. The number of amides is 8. The largest absolute Gasteiger partial charge is 0.370 e. The SMILES string of the molecule is CC(C)[C@H](NC(=O)[C@H](Cc1ccccc1)NC(=O)[C@H](CCCCN)NC(=O)CNC(=O)[C@H](Cc1c[nH]c2ccccc12)NC(=O)[C@H](CCCN=C(N)N)NC(=O)[C@@H](Cc1ccccc1)NC(=O)[C@@H](N)Cc1cnc[nH]1)C(N)=O. The number of nitrogens with one attached hydrogen (secondary N) is 9. The molecule has 0 bridgehead atoms. The minimum atomic E-state index is -1.35. The van der Waals surface area contributed by atoms with E-state index in [-0.39, 0.29) is 63.4 Å². The van der Waals surface area contributed by atoms with Gasteiger partial charge in [-0.2, -0.15) is 0 Å². The van der Waals surface area contributed by atoms with Crippen LogP contribution >= 0.6 is 0 Å². The summed E-state index contributed by atoms with van der Waals surface area (Å²) in [6.45, 7) is 3.17. The van der Waals surface area contributed by atoms with Crippen molar-refractivity contribution in [1.29, 1.82) is 0 Å². The number of nitrogens with zero attached hydrogens (tertiary/aromatic N) is 2. The van der Waals surface area contributed by atoms with Crippen molar-refractivity contribution in [2.24, 2.45) is 39.6 Å². The van der Waals surface area contributed by atoms with E-state index in [0.717, 1.165) is 10.9 Å². The van der Waals surface area contributed by atoms with Gasteiger partial charge in [-0.3, -0.25) is 43.3 Å². The summed E-state index contributed by atoms with van der Waals surface area (Å²) < 4.78 is 0. The van der Waals surface area contributed by atoms with Crippen LogP contribution in [-0.2, 0) is 64.0 Å². The van der Waals surface area contributed by atoms with Crippen molar-refractivity contribution in [3.63, 3.8) is 0 Å². The van der Waals surface area contributed by atoms with Gasteiger partial charge in [-0.25, -0.2) is 4.98 Å². The van der Waals surface area contributed by atoms with E-state index in [1.54, 1.807) is 80.7 Å². The van der Waals surface area contributed by atoms with Gasteiger partial charge in [0, 0.05) is 61.2 Å². The van der Waals surface area contributed by atoms with E-state index in [0.29, 0.717) is 41.8 Å². The highest BCUT2D eigenvalue weighted by molar-refractivity contribution is 5.97. The first-order valence-electron chi connectivity index (χ1n) is 25.9. The van der Waals surface area contributed by atoms with Crippen molar-refractivity contribution in [2.75, 3.05) is 19.6 Å². The van der Waals surface area contributed by atoms with Gasteiger partial charge in [-0.1, -0.05) is 92.7 Å². The lowest BCUT2D eigenvalue weighted by Crippen LogP contribution is -2.59. The third kappa shape index (κ3) is 19.5. The molecule has 5 rings (SSSR count). The molecule has 5 aromatic rings. The molecule has 78 heavy (non-hydrogen) atoms. The average Bonchev–Trinajstić information content (AvgIpc) is 4.10. The number of unbranched alkanes of at least 4 members (excludes halogenated alkanes) is 1. The summed E-state index contributed by atoms with van der Waals surface area (Å²) in [6, 6.07) is 16.8. The number of benzene rings is 3. The molecule has 0 aliphatic carbocycles. The van der Waals surface area contributed by atoms with Gasteiger partial charge in [-0.05, 0) is 67.3 Å². The standard InChI is InChI=1S/C54H74N16O8/c1-32(2)46(47(57)72)70-53(78)43(25-34-16-7-4-8-17-34)68-50(75)40(20-11-12-22-55)65-45(71)30-63-49(74)44(26-35-28-62-39-19-10-9-18-37(35)39)69-51(76)41(21-13-23-61-54(58)59)66-52(77)42(24-33-14-5-3-6-15-33)67-48(73)38(56)27-36-29-60-31-64-36/h3-10,14-19,28-29,31-32,38,40-44,46,62H,11-13,20-27,30,55-56H2,1-2H3,(H2,57,72)(H,60,64)(H,63,74)(H,65,71)(H,66,77)(H,67,73)(H,68,75)(H,69,76)(H,70,78)(H4,58,59,61)/t38-,40-,41-,42+,43-,44-,46-/m0/s1. The number of aliphatic imine (C=N–C) groups is 1. The monoisotopic (exact) mass is 1070 g/mol. The molecule has 19 N–H and O–H groups in total. The molecule has 0 saturated carbocycles. The third-order valence-electron chi connectivity index (χ3n) is 12.8. The summed E-state index contributed by atoms with van der Waals surface area (Å²) in [5.41, 5.74) is 32.2. The highest BCUT2D eigenvalue weighted by Crippen LogP contribution is 2.20. The molecule has 2 heterocycles. The first kappa shape index (κ1) is 60.2.